The van der Waals surface area contributed by atoms with Gasteiger partial charge in [-0.3, -0.25) is 5.32 Å². The van der Waals surface area contributed by atoms with Crippen LogP contribution in [0.1, 0.15) is 11.8 Å². The first kappa shape index (κ1) is 11.0. The number of rotatable bonds is 1. The molecule has 1 fully saturated rings. The van der Waals surface area contributed by atoms with Gasteiger partial charge in [0.25, 0.3) is 0 Å². The Hall–Kier alpha value is -0.0900. The third kappa shape index (κ3) is 2.68. The highest BCUT2D eigenvalue weighted by atomic mass is 79.9. The van der Waals surface area contributed by atoms with E-state index < -0.39 is 0 Å². The van der Waals surface area contributed by atoms with Crippen molar-refractivity contribution in [1.29, 1.82) is 0 Å². The van der Waals surface area contributed by atoms with E-state index >= 15 is 0 Å². The van der Waals surface area contributed by atoms with Gasteiger partial charge in [-0.25, -0.2) is 0 Å². The summed E-state index contributed by atoms with van der Waals surface area (Å²) in [4.78, 5) is 0. The number of benzene rings is 1. The van der Waals surface area contributed by atoms with Gasteiger partial charge in [0.05, 0.1) is 6.61 Å². The molecule has 1 aromatic rings. The van der Waals surface area contributed by atoms with Gasteiger partial charge >= 0.3 is 0 Å². The molecule has 0 spiro atoms. The van der Waals surface area contributed by atoms with E-state index in [0.29, 0.717) is 0 Å². The molecule has 1 saturated heterocycles. The largest absolute Gasteiger partial charge is 0.358 e. The van der Waals surface area contributed by atoms with Gasteiger partial charge in [-0.2, -0.15) is 0 Å². The number of hydrogen-bond acceptors (Lipinski definition) is 2. The predicted molar refractivity (Wildman–Crippen MR) is 58.1 cm³/mol. The molecule has 2 nitrogen and oxygen atoms in total. The molecule has 0 aliphatic carbocycles. The molecule has 1 atom stereocenters. The maximum absolute atomic E-state index is 5.46. The minimum atomic E-state index is 0. The molecule has 1 aliphatic heterocycles. The van der Waals surface area contributed by atoms with E-state index in [-0.39, 0.29) is 18.6 Å². The fourth-order valence-electron chi connectivity index (χ4n) is 1.31. The molecule has 2 rings (SSSR count). The molecule has 1 N–H and O–H groups in total. The lowest BCUT2D eigenvalue weighted by atomic mass is 10.2. The summed E-state index contributed by atoms with van der Waals surface area (Å²) in [6, 6.07) is 8.16. The van der Waals surface area contributed by atoms with Gasteiger partial charge < -0.3 is 4.74 Å². The van der Waals surface area contributed by atoms with Gasteiger partial charge in [0.2, 0.25) is 0 Å². The average Bonchev–Trinajstić information content (AvgIpc) is 2.56. The van der Waals surface area contributed by atoms with Crippen molar-refractivity contribution in [3.05, 3.63) is 34.3 Å². The second-order valence-electron chi connectivity index (χ2n) is 2.76. The van der Waals surface area contributed by atoms with Crippen LogP contribution in [0.5, 0.6) is 0 Å². The van der Waals surface area contributed by atoms with Crippen molar-refractivity contribution in [2.45, 2.75) is 6.23 Å². The first-order chi connectivity index (χ1) is 5.86. The Labute approximate surface area is 92.2 Å². The van der Waals surface area contributed by atoms with Crippen LogP contribution >= 0.6 is 28.3 Å². The summed E-state index contributed by atoms with van der Waals surface area (Å²) in [5.74, 6) is 0. The highest BCUT2D eigenvalue weighted by molar-refractivity contribution is 9.10. The van der Waals surface area contributed by atoms with Gasteiger partial charge in [-0.1, -0.05) is 28.1 Å². The van der Waals surface area contributed by atoms with Gasteiger partial charge in [0.1, 0.15) is 6.23 Å². The fourth-order valence-corrected chi connectivity index (χ4v) is 1.73. The van der Waals surface area contributed by atoms with Gasteiger partial charge in [-0.15, -0.1) is 12.4 Å². The molecule has 0 saturated carbocycles. The Bertz CT molecular complexity index is 276. The molecule has 0 radical (unpaired) electrons. The summed E-state index contributed by atoms with van der Waals surface area (Å²) < 4.78 is 6.56. The van der Waals surface area contributed by atoms with Crippen LogP contribution in [0.3, 0.4) is 0 Å². The summed E-state index contributed by atoms with van der Waals surface area (Å²) in [6.07, 6.45) is 0.0856. The van der Waals surface area contributed by atoms with Crippen LogP contribution in [-0.2, 0) is 4.74 Å². The molecule has 1 unspecified atom stereocenters. The molecule has 1 aromatic carbocycles. The number of hydrogen-bond donors (Lipinski definition) is 1. The molecule has 0 aromatic heterocycles. The number of ether oxygens (including phenoxy) is 1. The maximum Gasteiger partial charge on any atom is 0.134 e. The smallest absolute Gasteiger partial charge is 0.134 e. The van der Waals surface area contributed by atoms with Crippen LogP contribution in [0.4, 0.5) is 0 Å². The van der Waals surface area contributed by atoms with E-state index in [1.165, 1.54) is 5.56 Å². The molecular weight excluding hydrogens is 253 g/mol. The lowest BCUT2D eigenvalue weighted by Crippen LogP contribution is -2.13. The van der Waals surface area contributed by atoms with Gasteiger partial charge in [0.15, 0.2) is 0 Å². The summed E-state index contributed by atoms with van der Waals surface area (Å²) in [5.41, 5.74) is 1.18. The van der Waals surface area contributed by atoms with Crippen LogP contribution in [0, 0.1) is 0 Å². The van der Waals surface area contributed by atoms with Crippen molar-refractivity contribution in [1.82, 2.24) is 5.32 Å². The van der Waals surface area contributed by atoms with Crippen molar-refractivity contribution in [3.63, 3.8) is 0 Å². The molecule has 72 valence electrons. The number of nitrogens with one attached hydrogen (secondary N) is 1. The Morgan fingerprint density at radius 3 is 2.92 bits per heavy atom. The number of halogens is 2. The monoisotopic (exact) mass is 263 g/mol. The van der Waals surface area contributed by atoms with E-state index in [1.54, 1.807) is 0 Å². The van der Waals surface area contributed by atoms with Crippen molar-refractivity contribution >= 4 is 28.3 Å². The van der Waals surface area contributed by atoms with E-state index in [0.717, 1.165) is 17.6 Å². The molecule has 4 heteroatoms. The first-order valence-electron chi connectivity index (χ1n) is 3.97. The van der Waals surface area contributed by atoms with Crippen molar-refractivity contribution < 1.29 is 4.74 Å². The topological polar surface area (TPSA) is 21.3 Å². The zero-order chi connectivity index (χ0) is 8.39. The predicted octanol–water partition coefficient (Wildman–Crippen LogP) is 2.49. The quantitative estimate of drug-likeness (QED) is 0.841. The van der Waals surface area contributed by atoms with Crippen LogP contribution in [0.15, 0.2) is 28.7 Å². The minimum Gasteiger partial charge on any atom is -0.358 e. The zero-order valence-electron chi connectivity index (χ0n) is 7.00. The molecule has 1 aliphatic rings. The van der Waals surface area contributed by atoms with Gasteiger partial charge in [-0.05, 0) is 17.7 Å². The van der Waals surface area contributed by atoms with E-state index in [4.69, 9.17) is 4.74 Å². The highest BCUT2D eigenvalue weighted by Crippen LogP contribution is 2.20. The molecular formula is C9H11BrClNO. The van der Waals surface area contributed by atoms with Gasteiger partial charge in [0, 0.05) is 11.0 Å². The molecule has 0 amide bonds. The second-order valence-corrected chi connectivity index (χ2v) is 3.68. The summed E-state index contributed by atoms with van der Waals surface area (Å²) in [5, 5.41) is 3.26. The molecule has 13 heavy (non-hydrogen) atoms. The van der Waals surface area contributed by atoms with E-state index in [9.17, 15) is 0 Å². The highest BCUT2D eigenvalue weighted by Gasteiger charge is 2.15. The fraction of sp³-hybridized carbons (Fsp3) is 0.333. The van der Waals surface area contributed by atoms with Crippen LogP contribution < -0.4 is 5.32 Å². The van der Waals surface area contributed by atoms with E-state index in [1.807, 2.05) is 12.1 Å². The Morgan fingerprint density at radius 1 is 1.46 bits per heavy atom. The van der Waals surface area contributed by atoms with Crippen LogP contribution in [0.2, 0.25) is 0 Å². The standard InChI is InChI=1S/C9H10BrNO.ClH/c10-8-3-1-2-7(6-8)9-11-4-5-12-9;/h1-3,6,9,11H,4-5H2;1H. The Balaban J connectivity index is 0.000000845. The SMILES string of the molecule is Brc1cccc(C2NCCO2)c1.Cl. The third-order valence-corrected chi connectivity index (χ3v) is 2.36. The summed E-state index contributed by atoms with van der Waals surface area (Å²) >= 11 is 3.43. The second kappa shape index (κ2) is 4.96. The Morgan fingerprint density at radius 2 is 2.31 bits per heavy atom. The van der Waals surface area contributed by atoms with Crippen LogP contribution in [0.25, 0.3) is 0 Å². The lowest BCUT2D eigenvalue weighted by molar-refractivity contribution is 0.102. The molecule has 0 bridgehead atoms. The summed E-state index contributed by atoms with van der Waals surface area (Å²) in [7, 11) is 0. The average molecular weight is 265 g/mol. The van der Waals surface area contributed by atoms with Crippen molar-refractivity contribution in [3.8, 4) is 0 Å². The minimum absolute atomic E-state index is 0. The van der Waals surface area contributed by atoms with Crippen LogP contribution in [-0.4, -0.2) is 13.2 Å². The summed E-state index contributed by atoms with van der Waals surface area (Å²) in [6.45, 7) is 1.74. The van der Waals surface area contributed by atoms with Crippen molar-refractivity contribution in [2.75, 3.05) is 13.2 Å². The Kier molecular flexibility index (Phi) is 4.19. The lowest BCUT2D eigenvalue weighted by Gasteiger charge is -2.09. The van der Waals surface area contributed by atoms with E-state index in [2.05, 4.69) is 33.4 Å². The third-order valence-electron chi connectivity index (χ3n) is 1.87. The zero-order valence-corrected chi connectivity index (χ0v) is 9.40. The first-order valence-corrected chi connectivity index (χ1v) is 4.76. The maximum atomic E-state index is 5.46. The normalized spacial score (nSPS) is 21.2. The van der Waals surface area contributed by atoms with Crippen molar-refractivity contribution in [2.24, 2.45) is 0 Å². The molecule has 1 heterocycles.